The number of carbonyl (C=O) groups excluding carboxylic acids is 1. The molecule has 124 valence electrons. The van der Waals surface area contributed by atoms with Gasteiger partial charge in [-0.15, -0.1) is 0 Å². The van der Waals surface area contributed by atoms with Crippen LogP contribution in [0.3, 0.4) is 0 Å². The Balaban J connectivity index is 1.72. The number of rotatable bonds is 3. The fourth-order valence-corrected chi connectivity index (χ4v) is 4.00. The van der Waals surface area contributed by atoms with E-state index in [1.54, 1.807) is 11.3 Å². The van der Waals surface area contributed by atoms with Gasteiger partial charge in [-0.3, -0.25) is 4.79 Å². The van der Waals surface area contributed by atoms with Crippen molar-refractivity contribution in [2.45, 2.75) is 46.1 Å². The number of aromatic nitrogens is 1. The number of thiazole rings is 1. The Morgan fingerprint density at radius 3 is 2.91 bits per heavy atom. The molecule has 1 aromatic heterocycles. The van der Waals surface area contributed by atoms with E-state index in [-0.39, 0.29) is 17.4 Å². The zero-order valence-corrected chi connectivity index (χ0v) is 15.2. The summed E-state index contributed by atoms with van der Waals surface area (Å²) < 4.78 is 1.24. The number of aryl methyl sites for hydroxylation is 1. The molecule has 0 radical (unpaired) electrons. The second-order valence-electron chi connectivity index (χ2n) is 7.32. The lowest BCUT2D eigenvalue weighted by Gasteiger charge is -2.23. The molecule has 1 amide bonds. The highest BCUT2D eigenvalue weighted by Crippen LogP contribution is 2.32. The first-order valence-electron chi connectivity index (χ1n) is 8.32. The molecule has 1 N–H and O–H groups in total. The van der Waals surface area contributed by atoms with Crippen LogP contribution in [0.1, 0.15) is 39.7 Å². The highest BCUT2D eigenvalue weighted by molar-refractivity contribution is 7.22. The van der Waals surface area contributed by atoms with Crippen LogP contribution in [-0.2, 0) is 11.2 Å². The van der Waals surface area contributed by atoms with Crippen LogP contribution in [0.15, 0.2) is 18.2 Å². The smallest absolute Gasteiger partial charge is 0.225 e. The highest BCUT2D eigenvalue weighted by Gasteiger charge is 2.31. The van der Waals surface area contributed by atoms with Gasteiger partial charge in [-0.2, -0.15) is 0 Å². The Hall–Kier alpha value is -1.62. The molecule has 1 aliphatic heterocycles. The van der Waals surface area contributed by atoms with Crippen molar-refractivity contribution in [1.82, 2.24) is 10.3 Å². The first-order valence-corrected chi connectivity index (χ1v) is 9.14. The van der Waals surface area contributed by atoms with E-state index in [1.165, 1.54) is 10.3 Å². The summed E-state index contributed by atoms with van der Waals surface area (Å²) in [5, 5.41) is 4.13. The lowest BCUT2D eigenvalue weighted by molar-refractivity contribution is -0.125. The SMILES string of the molecule is CCc1ccc2nc(N3CCC(C(=O)NC(C)(C)C)C3)sc2c1. The fourth-order valence-electron chi connectivity index (χ4n) is 2.93. The molecule has 4 nitrogen and oxygen atoms in total. The summed E-state index contributed by atoms with van der Waals surface area (Å²) in [6.07, 6.45) is 1.94. The van der Waals surface area contributed by atoms with E-state index >= 15 is 0 Å². The van der Waals surface area contributed by atoms with Crippen LogP contribution in [0.4, 0.5) is 5.13 Å². The van der Waals surface area contributed by atoms with Gasteiger partial charge in [-0.1, -0.05) is 24.3 Å². The molecule has 1 unspecified atom stereocenters. The zero-order valence-electron chi connectivity index (χ0n) is 14.3. The summed E-state index contributed by atoms with van der Waals surface area (Å²) in [7, 11) is 0. The average molecular weight is 331 g/mol. The van der Waals surface area contributed by atoms with Gasteiger partial charge >= 0.3 is 0 Å². The van der Waals surface area contributed by atoms with Gasteiger partial charge in [0.25, 0.3) is 0 Å². The van der Waals surface area contributed by atoms with Gasteiger partial charge in [0.1, 0.15) is 0 Å². The molecule has 0 spiro atoms. The van der Waals surface area contributed by atoms with Crippen LogP contribution in [0, 0.1) is 5.92 Å². The number of nitrogens with one attached hydrogen (secondary N) is 1. The molecule has 5 heteroatoms. The summed E-state index contributed by atoms with van der Waals surface area (Å²) in [6.45, 7) is 9.91. The lowest BCUT2D eigenvalue weighted by atomic mass is 10.0. The number of nitrogens with zero attached hydrogens (tertiary/aromatic N) is 2. The predicted molar refractivity (Wildman–Crippen MR) is 97.2 cm³/mol. The molecule has 0 bridgehead atoms. The minimum absolute atomic E-state index is 0.0624. The van der Waals surface area contributed by atoms with Gasteiger partial charge in [-0.25, -0.2) is 4.98 Å². The third-order valence-electron chi connectivity index (χ3n) is 4.18. The van der Waals surface area contributed by atoms with Crippen molar-refractivity contribution in [3.8, 4) is 0 Å². The van der Waals surface area contributed by atoms with Crippen molar-refractivity contribution in [1.29, 1.82) is 0 Å². The van der Waals surface area contributed by atoms with E-state index in [4.69, 9.17) is 4.98 Å². The predicted octanol–water partition coefficient (Wildman–Crippen LogP) is 3.60. The molecule has 2 heterocycles. The molecule has 1 aliphatic rings. The monoisotopic (exact) mass is 331 g/mol. The van der Waals surface area contributed by atoms with E-state index in [0.29, 0.717) is 0 Å². The molecule has 1 atom stereocenters. The standard InChI is InChI=1S/C18H25N3OS/c1-5-12-6-7-14-15(10-12)23-17(19-14)21-9-8-13(11-21)16(22)20-18(2,3)4/h6-7,10,13H,5,8-9,11H2,1-4H3,(H,20,22). The van der Waals surface area contributed by atoms with Crippen molar-refractivity contribution in [3.63, 3.8) is 0 Å². The van der Waals surface area contributed by atoms with Crippen LogP contribution >= 0.6 is 11.3 Å². The van der Waals surface area contributed by atoms with Gasteiger partial charge in [0.05, 0.1) is 16.1 Å². The summed E-state index contributed by atoms with van der Waals surface area (Å²) in [4.78, 5) is 19.3. The summed E-state index contributed by atoms with van der Waals surface area (Å²) >= 11 is 1.73. The van der Waals surface area contributed by atoms with Gasteiger partial charge in [0.15, 0.2) is 5.13 Å². The van der Waals surface area contributed by atoms with Crippen molar-refractivity contribution in [3.05, 3.63) is 23.8 Å². The number of hydrogen-bond donors (Lipinski definition) is 1. The summed E-state index contributed by atoms with van der Waals surface area (Å²) in [5.41, 5.74) is 2.23. The molecule has 0 aliphatic carbocycles. The minimum Gasteiger partial charge on any atom is -0.351 e. The second-order valence-corrected chi connectivity index (χ2v) is 8.33. The van der Waals surface area contributed by atoms with Gasteiger partial charge in [0.2, 0.25) is 5.91 Å². The number of anilines is 1. The van der Waals surface area contributed by atoms with E-state index in [2.05, 4.69) is 35.3 Å². The number of benzene rings is 1. The topological polar surface area (TPSA) is 45.2 Å². The maximum absolute atomic E-state index is 12.3. The molecule has 23 heavy (non-hydrogen) atoms. The first kappa shape index (κ1) is 16.2. The normalized spacial score (nSPS) is 18.6. The van der Waals surface area contributed by atoms with Gasteiger partial charge < -0.3 is 10.2 Å². The summed E-state index contributed by atoms with van der Waals surface area (Å²) in [6, 6.07) is 6.49. The molecule has 1 fully saturated rings. The Kier molecular flexibility index (Phi) is 4.32. The number of carbonyl (C=O) groups is 1. The molecule has 1 saturated heterocycles. The van der Waals surface area contributed by atoms with Crippen molar-refractivity contribution < 1.29 is 4.79 Å². The Morgan fingerprint density at radius 2 is 2.22 bits per heavy atom. The lowest BCUT2D eigenvalue weighted by Crippen LogP contribution is -2.44. The number of hydrogen-bond acceptors (Lipinski definition) is 4. The Morgan fingerprint density at radius 1 is 1.43 bits per heavy atom. The maximum atomic E-state index is 12.3. The van der Waals surface area contributed by atoms with Crippen molar-refractivity contribution in [2.24, 2.45) is 5.92 Å². The second kappa shape index (κ2) is 6.11. The van der Waals surface area contributed by atoms with E-state index < -0.39 is 0 Å². The van der Waals surface area contributed by atoms with Crippen LogP contribution in [-0.4, -0.2) is 29.5 Å². The van der Waals surface area contributed by atoms with Crippen LogP contribution in [0.5, 0.6) is 0 Å². The maximum Gasteiger partial charge on any atom is 0.225 e. The highest BCUT2D eigenvalue weighted by atomic mass is 32.1. The minimum atomic E-state index is -0.170. The van der Waals surface area contributed by atoms with Crippen LogP contribution < -0.4 is 10.2 Å². The van der Waals surface area contributed by atoms with Crippen molar-refractivity contribution in [2.75, 3.05) is 18.0 Å². The van der Waals surface area contributed by atoms with Crippen LogP contribution in [0.2, 0.25) is 0 Å². The van der Waals surface area contributed by atoms with E-state index in [1.807, 2.05) is 20.8 Å². The molecule has 2 aromatic rings. The third kappa shape index (κ3) is 3.66. The van der Waals surface area contributed by atoms with Crippen LogP contribution in [0.25, 0.3) is 10.2 Å². The van der Waals surface area contributed by atoms with Crippen molar-refractivity contribution >= 4 is 32.6 Å². The largest absolute Gasteiger partial charge is 0.351 e. The Labute approximate surface area is 141 Å². The molecule has 1 aromatic carbocycles. The first-order chi connectivity index (χ1) is 10.9. The Bertz CT molecular complexity index is 717. The summed E-state index contributed by atoms with van der Waals surface area (Å²) in [5.74, 6) is 0.224. The van der Waals surface area contributed by atoms with E-state index in [9.17, 15) is 4.79 Å². The molecular weight excluding hydrogens is 306 g/mol. The molecule has 0 saturated carbocycles. The van der Waals surface area contributed by atoms with Gasteiger partial charge in [-0.05, 0) is 51.3 Å². The molecular formula is C18H25N3OS. The van der Waals surface area contributed by atoms with Gasteiger partial charge in [0, 0.05) is 18.6 Å². The fraction of sp³-hybridized carbons (Fsp3) is 0.556. The number of amides is 1. The average Bonchev–Trinajstić information content (AvgIpc) is 3.11. The quantitative estimate of drug-likeness (QED) is 0.934. The third-order valence-corrected chi connectivity index (χ3v) is 5.26. The number of fused-ring (bicyclic) bond motifs is 1. The van der Waals surface area contributed by atoms with E-state index in [0.717, 1.165) is 36.6 Å². The zero-order chi connectivity index (χ0) is 16.6. The molecule has 3 rings (SSSR count).